The maximum absolute atomic E-state index is 12.3. The minimum Gasteiger partial charge on any atom is -0.477 e. The van der Waals surface area contributed by atoms with E-state index in [1.807, 2.05) is 17.5 Å². The first-order valence-corrected chi connectivity index (χ1v) is 8.13. The van der Waals surface area contributed by atoms with E-state index in [9.17, 15) is 14.7 Å². The van der Waals surface area contributed by atoms with E-state index in [1.54, 1.807) is 30.7 Å². The van der Waals surface area contributed by atoms with Crippen molar-refractivity contribution in [2.24, 2.45) is 0 Å². The highest BCUT2D eigenvalue weighted by molar-refractivity contribution is 7.12. The molecule has 0 fully saturated rings. The maximum atomic E-state index is 12.3. The molecule has 1 N–H and O–H groups in total. The Labute approximate surface area is 144 Å². The summed E-state index contributed by atoms with van der Waals surface area (Å²) in [5, 5.41) is 11.9. The lowest BCUT2D eigenvalue weighted by Gasteiger charge is -2.08. The first-order valence-electron chi connectivity index (χ1n) is 7.25. The van der Waals surface area contributed by atoms with Crippen molar-refractivity contribution in [3.05, 3.63) is 70.2 Å². The van der Waals surface area contributed by atoms with Crippen LogP contribution in [-0.4, -0.2) is 30.6 Å². The van der Waals surface area contributed by atoms with Gasteiger partial charge in [0.15, 0.2) is 5.13 Å². The van der Waals surface area contributed by atoms with E-state index < -0.39 is 11.4 Å². The van der Waals surface area contributed by atoms with Crippen molar-refractivity contribution < 1.29 is 9.90 Å². The minimum absolute atomic E-state index is 0.237. The summed E-state index contributed by atoms with van der Waals surface area (Å²) in [5.41, 5.74) is 1.05. The lowest BCUT2D eigenvalue weighted by Crippen LogP contribution is -2.18. The van der Waals surface area contributed by atoms with Gasteiger partial charge in [-0.3, -0.25) is 14.3 Å². The van der Waals surface area contributed by atoms with Gasteiger partial charge in [-0.2, -0.15) is 0 Å². The molecule has 0 amide bonds. The molecule has 25 heavy (non-hydrogen) atoms. The summed E-state index contributed by atoms with van der Waals surface area (Å²) in [4.78, 5) is 36.6. The molecular formula is C17H10N4O3S. The van der Waals surface area contributed by atoms with Gasteiger partial charge >= 0.3 is 5.97 Å². The predicted octanol–water partition coefficient (Wildman–Crippen LogP) is 2.60. The number of carboxylic acid groups (broad SMARTS) is 1. The monoisotopic (exact) mass is 350 g/mol. The third-order valence-corrected chi connectivity index (χ3v) is 4.49. The summed E-state index contributed by atoms with van der Waals surface area (Å²) >= 11 is 1.33. The molecule has 4 rings (SSSR count). The molecule has 0 aliphatic carbocycles. The van der Waals surface area contributed by atoms with Crippen LogP contribution in [0, 0.1) is 0 Å². The number of hydrogen-bond donors (Lipinski definition) is 1. The zero-order chi connectivity index (χ0) is 17.4. The van der Waals surface area contributed by atoms with Crippen LogP contribution in [0.5, 0.6) is 0 Å². The molecule has 4 heterocycles. The highest BCUT2D eigenvalue weighted by Gasteiger charge is 2.17. The number of fused-ring (bicyclic) bond motifs is 1. The number of aromatic carboxylic acids is 1. The van der Waals surface area contributed by atoms with Crippen molar-refractivity contribution in [2.45, 2.75) is 0 Å². The summed E-state index contributed by atoms with van der Waals surface area (Å²) in [7, 11) is 0. The molecule has 122 valence electrons. The van der Waals surface area contributed by atoms with Crippen LogP contribution in [0.2, 0.25) is 0 Å². The Hall–Kier alpha value is -3.39. The normalized spacial score (nSPS) is 10.9. The van der Waals surface area contributed by atoms with Crippen molar-refractivity contribution in [3.63, 3.8) is 0 Å². The first kappa shape index (κ1) is 15.2. The lowest BCUT2D eigenvalue weighted by molar-refractivity contribution is 0.0695. The van der Waals surface area contributed by atoms with Gasteiger partial charge in [0.05, 0.1) is 11.1 Å². The number of pyridine rings is 3. The number of carbonyl (C=O) groups is 1. The molecule has 0 aliphatic heterocycles. The molecule has 4 aromatic heterocycles. The number of aromatic nitrogens is 4. The third-order valence-electron chi connectivity index (χ3n) is 3.65. The van der Waals surface area contributed by atoms with Gasteiger partial charge in [0, 0.05) is 35.7 Å². The molecule has 0 spiro atoms. The van der Waals surface area contributed by atoms with Crippen molar-refractivity contribution in [1.29, 1.82) is 0 Å². The maximum Gasteiger partial charge on any atom is 0.341 e. The Morgan fingerprint density at radius 2 is 2.04 bits per heavy atom. The quantitative estimate of drug-likeness (QED) is 0.610. The molecule has 0 saturated carbocycles. The number of rotatable bonds is 3. The van der Waals surface area contributed by atoms with Gasteiger partial charge in [-0.15, -0.1) is 11.3 Å². The van der Waals surface area contributed by atoms with Gasteiger partial charge in [0.1, 0.15) is 11.2 Å². The fourth-order valence-electron chi connectivity index (χ4n) is 2.48. The summed E-state index contributed by atoms with van der Waals surface area (Å²) in [6, 6.07) is 6.86. The molecule has 0 bridgehead atoms. The number of carboxylic acids is 1. The number of hydrogen-bond acceptors (Lipinski definition) is 6. The van der Waals surface area contributed by atoms with E-state index in [1.165, 1.54) is 22.1 Å². The van der Waals surface area contributed by atoms with Crippen molar-refractivity contribution in [1.82, 2.24) is 19.5 Å². The summed E-state index contributed by atoms with van der Waals surface area (Å²) in [6.07, 6.45) is 6.19. The van der Waals surface area contributed by atoms with Crippen LogP contribution in [0.1, 0.15) is 10.4 Å². The first-order chi connectivity index (χ1) is 12.1. The largest absolute Gasteiger partial charge is 0.477 e. The fraction of sp³-hybridized carbons (Fsp3) is 0. The third kappa shape index (κ3) is 2.58. The molecule has 0 unspecified atom stereocenters. The Kier molecular flexibility index (Phi) is 3.58. The predicted molar refractivity (Wildman–Crippen MR) is 93.2 cm³/mol. The van der Waals surface area contributed by atoms with Crippen LogP contribution < -0.4 is 5.43 Å². The summed E-state index contributed by atoms with van der Waals surface area (Å²) in [6.45, 7) is 0. The second-order valence-corrected chi connectivity index (χ2v) is 6.02. The molecule has 7 nitrogen and oxygen atoms in total. The zero-order valence-electron chi connectivity index (χ0n) is 12.7. The van der Waals surface area contributed by atoms with Crippen LogP contribution in [0.25, 0.3) is 27.4 Å². The van der Waals surface area contributed by atoms with E-state index in [0.717, 1.165) is 5.56 Å². The van der Waals surface area contributed by atoms with Gasteiger partial charge < -0.3 is 5.11 Å². The van der Waals surface area contributed by atoms with Gasteiger partial charge in [-0.1, -0.05) is 0 Å². The number of thiazole rings is 1. The van der Waals surface area contributed by atoms with Gasteiger partial charge in [-0.25, -0.2) is 14.8 Å². The van der Waals surface area contributed by atoms with Gasteiger partial charge in [0.25, 0.3) is 0 Å². The van der Waals surface area contributed by atoms with E-state index >= 15 is 0 Å². The highest BCUT2D eigenvalue weighted by atomic mass is 32.1. The summed E-state index contributed by atoms with van der Waals surface area (Å²) < 4.78 is 1.53. The Bertz CT molecular complexity index is 1150. The molecular weight excluding hydrogens is 340 g/mol. The molecule has 4 aromatic rings. The topological polar surface area (TPSA) is 98.0 Å². The molecule has 0 radical (unpaired) electrons. The SMILES string of the molecule is O=C(O)c1cn(-c2nc(-c3cccnc3)cs2)c2ncccc2c1=O. The van der Waals surface area contributed by atoms with Crippen LogP contribution >= 0.6 is 11.3 Å². The molecule has 0 atom stereocenters. The van der Waals surface area contributed by atoms with E-state index in [-0.39, 0.29) is 10.9 Å². The second-order valence-electron chi connectivity index (χ2n) is 5.18. The van der Waals surface area contributed by atoms with Crippen molar-refractivity contribution in [2.75, 3.05) is 0 Å². The number of nitrogens with zero attached hydrogens (tertiary/aromatic N) is 4. The molecule has 0 aromatic carbocycles. The second kappa shape index (κ2) is 5.91. The van der Waals surface area contributed by atoms with Gasteiger partial charge in [0.2, 0.25) is 5.43 Å². The van der Waals surface area contributed by atoms with Crippen molar-refractivity contribution in [3.8, 4) is 16.4 Å². The molecule has 0 saturated heterocycles. The molecule has 8 heteroatoms. The zero-order valence-corrected chi connectivity index (χ0v) is 13.5. The average molecular weight is 350 g/mol. The van der Waals surface area contributed by atoms with Gasteiger partial charge in [-0.05, 0) is 24.3 Å². The van der Waals surface area contributed by atoms with E-state index in [4.69, 9.17) is 0 Å². The molecule has 0 aliphatic rings. The summed E-state index contributed by atoms with van der Waals surface area (Å²) in [5.74, 6) is -1.28. The fourth-order valence-corrected chi connectivity index (χ4v) is 3.29. The smallest absolute Gasteiger partial charge is 0.341 e. The lowest BCUT2D eigenvalue weighted by atomic mass is 10.2. The highest BCUT2D eigenvalue weighted by Crippen LogP contribution is 2.25. The van der Waals surface area contributed by atoms with Crippen molar-refractivity contribution >= 4 is 28.3 Å². The van der Waals surface area contributed by atoms with Crippen LogP contribution in [0.3, 0.4) is 0 Å². The van der Waals surface area contributed by atoms with E-state index in [2.05, 4.69) is 15.0 Å². The van der Waals surface area contributed by atoms with Crippen LogP contribution in [0.15, 0.2) is 59.2 Å². The standard InChI is InChI=1S/C17H10N4O3S/c22-14-11-4-2-6-19-15(11)21(8-12(14)16(23)24)17-20-13(9-25-17)10-3-1-5-18-7-10/h1-9H,(H,23,24). The Morgan fingerprint density at radius 3 is 2.80 bits per heavy atom. The average Bonchev–Trinajstić information content (AvgIpc) is 3.13. The van der Waals surface area contributed by atoms with E-state index in [0.29, 0.717) is 16.5 Å². The Morgan fingerprint density at radius 1 is 1.20 bits per heavy atom. The van der Waals surface area contributed by atoms with Crippen LogP contribution in [-0.2, 0) is 0 Å². The minimum atomic E-state index is -1.28. The van der Waals surface area contributed by atoms with Crippen LogP contribution in [0.4, 0.5) is 0 Å². The Balaban J connectivity index is 1.96.